The number of methoxy groups -OCH3 is 1. The van der Waals surface area contributed by atoms with Crippen LogP contribution in [0.2, 0.25) is 0 Å². The second-order valence-electron chi connectivity index (χ2n) is 5.25. The summed E-state index contributed by atoms with van der Waals surface area (Å²) >= 11 is 0. The predicted octanol–water partition coefficient (Wildman–Crippen LogP) is 1.17. The van der Waals surface area contributed by atoms with Gasteiger partial charge in [0.2, 0.25) is 5.91 Å². The quantitative estimate of drug-likeness (QED) is 0.886. The Balaban J connectivity index is 2.00. The number of ether oxygens (including phenoxy) is 2. The van der Waals surface area contributed by atoms with Gasteiger partial charge in [0.05, 0.1) is 13.1 Å². The zero-order valence-electron chi connectivity index (χ0n) is 12.2. The number of halogens is 1. The monoisotopic (exact) mass is 296 g/mol. The minimum Gasteiger partial charge on any atom is -0.491 e. The van der Waals surface area contributed by atoms with Crippen molar-refractivity contribution < 1.29 is 18.7 Å². The summed E-state index contributed by atoms with van der Waals surface area (Å²) in [6.07, 6.45) is 1.64. The van der Waals surface area contributed by atoms with Gasteiger partial charge in [-0.3, -0.25) is 4.79 Å². The Morgan fingerprint density at radius 2 is 2.14 bits per heavy atom. The number of nitrogens with two attached hydrogens (primary N) is 1. The molecule has 5 nitrogen and oxygen atoms in total. The molecular formula is C15H21FN2O3. The van der Waals surface area contributed by atoms with E-state index < -0.39 is 5.60 Å². The molecule has 0 spiro atoms. The number of carbonyl (C=O) groups is 1. The second kappa shape index (κ2) is 6.87. The molecule has 0 bridgehead atoms. The van der Waals surface area contributed by atoms with E-state index in [0.717, 1.165) is 12.8 Å². The molecule has 116 valence electrons. The van der Waals surface area contributed by atoms with Gasteiger partial charge in [0.1, 0.15) is 23.8 Å². The summed E-state index contributed by atoms with van der Waals surface area (Å²) in [6.45, 7) is 1.46. The lowest BCUT2D eigenvalue weighted by Crippen LogP contribution is -2.55. The number of amides is 1. The molecule has 0 aromatic heterocycles. The lowest BCUT2D eigenvalue weighted by molar-refractivity contribution is -0.141. The van der Waals surface area contributed by atoms with E-state index in [4.69, 9.17) is 15.2 Å². The Morgan fingerprint density at radius 1 is 1.43 bits per heavy atom. The van der Waals surface area contributed by atoms with Crippen LogP contribution in [0.4, 0.5) is 4.39 Å². The molecule has 1 unspecified atom stereocenters. The summed E-state index contributed by atoms with van der Waals surface area (Å²) in [4.78, 5) is 13.5. The van der Waals surface area contributed by atoms with E-state index in [-0.39, 0.29) is 18.3 Å². The number of benzene rings is 1. The maximum atomic E-state index is 12.9. The molecule has 1 amide bonds. The van der Waals surface area contributed by atoms with Crippen molar-refractivity contribution in [1.29, 1.82) is 0 Å². The van der Waals surface area contributed by atoms with Gasteiger partial charge >= 0.3 is 0 Å². The fraction of sp³-hybridized carbons (Fsp3) is 0.533. The van der Waals surface area contributed by atoms with Gasteiger partial charge in [-0.2, -0.15) is 0 Å². The van der Waals surface area contributed by atoms with Crippen LogP contribution in [0, 0.1) is 5.82 Å². The summed E-state index contributed by atoms with van der Waals surface area (Å²) in [6, 6.07) is 5.84. The van der Waals surface area contributed by atoms with Crippen LogP contribution in [0.15, 0.2) is 24.3 Å². The average molecular weight is 296 g/mol. The SMILES string of the molecule is COC1(COc2ccc(F)cc2)CCCN(C(=O)CN)C1. The molecule has 0 radical (unpaired) electrons. The van der Waals surface area contributed by atoms with Crippen LogP contribution >= 0.6 is 0 Å². The van der Waals surface area contributed by atoms with Gasteiger partial charge in [0.15, 0.2) is 0 Å². The fourth-order valence-electron chi connectivity index (χ4n) is 2.53. The first kappa shape index (κ1) is 15.7. The maximum Gasteiger partial charge on any atom is 0.236 e. The highest BCUT2D eigenvalue weighted by Crippen LogP contribution is 2.26. The summed E-state index contributed by atoms with van der Waals surface area (Å²) in [5, 5.41) is 0. The Kier molecular flexibility index (Phi) is 5.14. The van der Waals surface area contributed by atoms with E-state index in [1.54, 1.807) is 24.1 Å². The van der Waals surface area contributed by atoms with Crippen molar-refractivity contribution in [3.63, 3.8) is 0 Å². The van der Waals surface area contributed by atoms with Crippen molar-refractivity contribution in [2.45, 2.75) is 18.4 Å². The van der Waals surface area contributed by atoms with E-state index in [9.17, 15) is 9.18 Å². The van der Waals surface area contributed by atoms with Crippen LogP contribution in [0.3, 0.4) is 0 Å². The van der Waals surface area contributed by atoms with Gasteiger partial charge in [-0.1, -0.05) is 0 Å². The van der Waals surface area contributed by atoms with Crippen molar-refractivity contribution >= 4 is 5.91 Å². The number of carbonyl (C=O) groups excluding carboxylic acids is 1. The Bertz CT molecular complexity index is 480. The smallest absolute Gasteiger partial charge is 0.236 e. The predicted molar refractivity (Wildman–Crippen MR) is 76.5 cm³/mol. The van der Waals surface area contributed by atoms with Crippen LogP contribution in [-0.4, -0.2) is 49.8 Å². The highest BCUT2D eigenvalue weighted by atomic mass is 19.1. The zero-order valence-corrected chi connectivity index (χ0v) is 12.2. The first-order valence-corrected chi connectivity index (χ1v) is 7.00. The van der Waals surface area contributed by atoms with Gasteiger partial charge in [0.25, 0.3) is 0 Å². The molecule has 6 heteroatoms. The molecule has 0 aliphatic carbocycles. The topological polar surface area (TPSA) is 64.8 Å². The van der Waals surface area contributed by atoms with Gasteiger partial charge < -0.3 is 20.1 Å². The third-order valence-corrected chi connectivity index (χ3v) is 3.82. The van der Waals surface area contributed by atoms with Crippen LogP contribution < -0.4 is 10.5 Å². The normalized spacial score (nSPS) is 22.1. The molecule has 1 heterocycles. The number of likely N-dealkylation sites (tertiary alicyclic amines) is 1. The van der Waals surface area contributed by atoms with Gasteiger partial charge in [-0.25, -0.2) is 4.39 Å². The van der Waals surface area contributed by atoms with Crippen LogP contribution in [0.1, 0.15) is 12.8 Å². The van der Waals surface area contributed by atoms with Crippen LogP contribution in [-0.2, 0) is 9.53 Å². The number of nitrogens with zero attached hydrogens (tertiary/aromatic N) is 1. The first-order valence-electron chi connectivity index (χ1n) is 7.00. The van der Waals surface area contributed by atoms with Crippen molar-refractivity contribution in [1.82, 2.24) is 4.90 Å². The van der Waals surface area contributed by atoms with Crippen molar-refractivity contribution in [2.24, 2.45) is 5.73 Å². The van der Waals surface area contributed by atoms with Crippen molar-refractivity contribution in [3.05, 3.63) is 30.1 Å². The minimum atomic E-state index is -0.544. The van der Waals surface area contributed by atoms with E-state index in [0.29, 0.717) is 25.4 Å². The standard InChI is InChI=1S/C15H21FN2O3/c1-20-15(7-2-8-18(10-15)14(19)9-17)11-21-13-5-3-12(16)4-6-13/h3-6H,2,7-11,17H2,1H3. The number of rotatable bonds is 5. The molecule has 1 aromatic rings. The molecule has 1 atom stereocenters. The van der Waals surface area contributed by atoms with E-state index in [2.05, 4.69) is 0 Å². The number of hydrogen-bond donors (Lipinski definition) is 1. The van der Waals surface area contributed by atoms with E-state index in [1.807, 2.05) is 0 Å². The lowest BCUT2D eigenvalue weighted by atomic mass is 9.93. The molecule has 1 aliphatic rings. The maximum absolute atomic E-state index is 12.9. The Labute approximate surface area is 123 Å². The number of piperidine rings is 1. The second-order valence-corrected chi connectivity index (χ2v) is 5.25. The minimum absolute atomic E-state index is 0.00138. The number of hydrogen-bond acceptors (Lipinski definition) is 4. The van der Waals surface area contributed by atoms with E-state index >= 15 is 0 Å². The molecule has 1 saturated heterocycles. The van der Waals surface area contributed by atoms with E-state index in [1.165, 1.54) is 12.1 Å². The average Bonchev–Trinajstić information content (AvgIpc) is 2.54. The largest absolute Gasteiger partial charge is 0.491 e. The van der Waals surface area contributed by atoms with Gasteiger partial charge in [-0.15, -0.1) is 0 Å². The molecule has 1 aromatic carbocycles. The first-order chi connectivity index (χ1) is 10.1. The zero-order chi connectivity index (χ0) is 15.3. The third kappa shape index (κ3) is 3.92. The molecular weight excluding hydrogens is 275 g/mol. The lowest BCUT2D eigenvalue weighted by Gasteiger charge is -2.41. The molecule has 1 fully saturated rings. The molecule has 1 aliphatic heterocycles. The molecule has 0 saturated carbocycles. The summed E-state index contributed by atoms with van der Waals surface area (Å²) in [7, 11) is 1.62. The highest BCUT2D eigenvalue weighted by Gasteiger charge is 2.37. The third-order valence-electron chi connectivity index (χ3n) is 3.82. The highest BCUT2D eigenvalue weighted by molar-refractivity contribution is 5.78. The molecule has 21 heavy (non-hydrogen) atoms. The Hall–Kier alpha value is -1.66. The van der Waals surface area contributed by atoms with Crippen LogP contribution in [0.5, 0.6) is 5.75 Å². The van der Waals surface area contributed by atoms with Crippen molar-refractivity contribution in [2.75, 3.05) is 33.4 Å². The summed E-state index contributed by atoms with van der Waals surface area (Å²) < 4.78 is 24.2. The van der Waals surface area contributed by atoms with Gasteiger partial charge in [-0.05, 0) is 37.1 Å². The Morgan fingerprint density at radius 3 is 2.76 bits per heavy atom. The van der Waals surface area contributed by atoms with Crippen LogP contribution in [0.25, 0.3) is 0 Å². The fourth-order valence-corrected chi connectivity index (χ4v) is 2.53. The summed E-state index contributed by atoms with van der Waals surface area (Å²) in [5.74, 6) is 0.189. The molecule has 2 rings (SSSR count). The van der Waals surface area contributed by atoms with Crippen molar-refractivity contribution in [3.8, 4) is 5.75 Å². The summed E-state index contributed by atoms with van der Waals surface area (Å²) in [5.41, 5.74) is 4.87. The van der Waals surface area contributed by atoms with Gasteiger partial charge in [0, 0.05) is 13.7 Å². The molecule has 2 N–H and O–H groups in total.